The Morgan fingerprint density at radius 1 is 0.538 bits per heavy atom. The summed E-state index contributed by atoms with van der Waals surface area (Å²) in [6.45, 7) is 8.74. The minimum Gasteiger partial charge on any atom is -0.311 e. The standard InChI is InChI=1S/C38H37N/c1-5-30-12-18-35(19-13-30)39(36-20-14-31(6-2)15-21-36)37-22-16-32(17-23-37)27-38(33-10-8-7-9-11-33)34-25-28(3)24-29(4)26-34/h7-27H,5-6H2,1-4H3. The fourth-order valence-electron chi connectivity index (χ4n) is 5.18. The molecule has 0 amide bonds. The third-order valence-electron chi connectivity index (χ3n) is 7.29. The van der Waals surface area contributed by atoms with E-state index < -0.39 is 0 Å². The first-order valence-corrected chi connectivity index (χ1v) is 14.0. The lowest BCUT2D eigenvalue weighted by molar-refractivity contribution is 1.13. The van der Waals surface area contributed by atoms with Crippen LogP contribution >= 0.6 is 0 Å². The highest BCUT2D eigenvalue weighted by Gasteiger charge is 2.13. The summed E-state index contributed by atoms with van der Waals surface area (Å²) in [5, 5.41) is 0. The van der Waals surface area contributed by atoms with Gasteiger partial charge in [-0.15, -0.1) is 0 Å². The molecule has 0 saturated heterocycles. The zero-order valence-corrected chi connectivity index (χ0v) is 23.5. The van der Waals surface area contributed by atoms with Crippen molar-refractivity contribution in [1.29, 1.82) is 0 Å². The fraction of sp³-hybridized carbons (Fsp3) is 0.158. The number of hydrogen-bond acceptors (Lipinski definition) is 1. The van der Waals surface area contributed by atoms with E-state index in [9.17, 15) is 0 Å². The number of rotatable bonds is 8. The summed E-state index contributed by atoms with van der Waals surface area (Å²) in [6, 6.07) is 44.3. The van der Waals surface area contributed by atoms with Gasteiger partial charge in [-0.3, -0.25) is 0 Å². The molecule has 0 aromatic heterocycles. The molecule has 0 fully saturated rings. The predicted molar refractivity (Wildman–Crippen MR) is 169 cm³/mol. The monoisotopic (exact) mass is 507 g/mol. The van der Waals surface area contributed by atoms with Crippen LogP contribution in [-0.2, 0) is 12.8 Å². The maximum absolute atomic E-state index is 2.34. The van der Waals surface area contributed by atoms with Crippen LogP contribution in [-0.4, -0.2) is 0 Å². The van der Waals surface area contributed by atoms with Crippen LogP contribution in [0.5, 0.6) is 0 Å². The summed E-state index contributed by atoms with van der Waals surface area (Å²) < 4.78 is 0. The number of nitrogens with zero attached hydrogens (tertiary/aromatic N) is 1. The van der Waals surface area contributed by atoms with Crippen LogP contribution in [0.25, 0.3) is 11.6 Å². The van der Waals surface area contributed by atoms with Gasteiger partial charge in [0.2, 0.25) is 0 Å². The van der Waals surface area contributed by atoms with E-state index >= 15 is 0 Å². The minimum atomic E-state index is 1.04. The van der Waals surface area contributed by atoms with E-state index in [0.29, 0.717) is 0 Å². The van der Waals surface area contributed by atoms with E-state index in [-0.39, 0.29) is 0 Å². The van der Waals surface area contributed by atoms with Crippen molar-refractivity contribution < 1.29 is 0 Å². The average molecular weight is 508 g/mol. The normalized spacial score (nSPS) is 11.4. The van der Waals surface area contributed by atoms with Crippen LogP contribution in [0.15, 0.2) is 121 Å². The molecular formula is C38H37N. The van der Waals surface area contributed by atoms with Crippen molar-refractivity contribution in [3.8, 4) is 0 Å². The van der Waals surface area contributed by atoms with Crippen LogP contribution in [0, 0.1) is 13.8 Å². The Kier molecular flexibility index (Phi) is 8.08. The number of benzene rings is 5. The molecule has 0 saturated carbocycles. The second-order valence-electron chi connectivity index (χ2n) is 10.3. The zero-order chi connectivity index (χ0) is 27.2. The molecule has 0 radical (unpaired) electrons. The Morgan fingerprint density at radius 2 is 1.00 bits per heavy atom. The maximum Gasteiger partial charge on any atom is 0.0462 e. The quantitative estimate of drug-likeness (QED) is 0.189. The Balaban J connectivity index is 1.56. The van der Waals surface area contributed by atoms with Crippen molar-refractivity contribution in [2.45, 2.75) is 40.5 Å². The highest BCUT2D eigenvalue weighted by Crippen LogP contribution is 2.36. The van der Waals surface area contributed by atoms with Crippen LogP contribution in [0.4, 0.5) is 17.1 Å². The first-order chi connectivity index (χ1) is 19.0. The van der Waals surface area contributed by atoms with Crippen molar-refractivity contribution in [3.05, 3.63) is 160 Å². The highest BCUT2D eigenvalue weighted by molar-refractivity contribution is 5.92. The molecule has 5 aromatic carbocycles. The van der Waals surface area contributed by atoms with Crippen LogP contribution < -0.4 is 4.90 Å². The van der Waals surface area contributed by atoms with E-state index in [0.717, 1.165) is 18.5 Å². The molecule has 5 aromatic rings. The molecule has 0 aliphatic heterocycles. The van der Waals surface area contributed by atoms with Gasteiger partial charge in [0.25, 0.3) is 0 Å². The Labute approximate surface area is 234 Å². The van der Waals surface area contributed by atoms with Crippen LogP contribution in [0.2, 0.25) is 0 Å². The van der Waals surface area contributed by atoms with Crippen molar-refractivity contribution in [2.24, 2.45) is 0 Å². The first-order valence-electron chi connectivity index (χ1n) is 14.0. The Morgan fingerprint density at radius 3 is 1.46 bits per heavy atom. The molecule has 194 valence electrons. The molecule has 0 unspecified atom stereocenters. The largest absolute Gasteiger partial charge is 0.311 e. The van der Waals surface area contributed by atoms with Gasteiger partial charge in [0.05, 0.1) is 0 Å². The number of aryl methyl sites for hydroxylation is 4. The van der Waals surface area contributed by atoms with Crippen molar-refractivity contribution in [2.75, 3.05) is 4.90 Å². The van der Waals surface area contributed by atoms with Gasteiger partial charge in [-0.1, -0.05) is 110 Å². The molecule has 39 heavy (non-hydrogen) atoms. The summed E-state index contributed by atoms with van der Waals surface area (Å²) in [6.07, 6.45) is 4.39. The average Bonchev–Trinajstić information content (AvgIpc) is 2.97. The molecule has 0 atom stereocenters. The summed E-state index contributed by atoms with van der Waals surface area (Å²) in [7, 11) is 0. The Hall–Kier alpha value is -4.36. The smallest absolute Gasteiger partial charge is 0.0462 e. The second kappa shape index (κ2) is 12.0. The van der Waals surface area contributed by atoms with E-state index in [2.05, 4.69) is 160 Å². The Bertz CT molecular complexity index is 1470. The third-order valence-corrected chi connectivity index (χ3v) is 7.29. The molecule has 0 aliphatic rings. The van der Waals surface area contributed by atoms with Crippen LogP contribution in [0.1, 0.15) is 52.8 Å². The predicted octanol–water partition coefficient (Wildman–Crippen LogP) is 10.5. The first kappa shape index (κ1) is 26.3. The highest BCUT2D eigenvalue weighted by atomic mass is 15.1. The van der Waals surface area contributed by atoms with E-state index in [1.54, 1.807) is 0 Å². The van der Waals surface area contributed by atoms with E-state index in [1.807, 2.05) is 0 Å². The van der Waals surface area contributed by atoms with E-state index in [4.69, 9.17) is 0 Å². The molecule has 5 rings (SSSR count). The summed E-state index contributed by atoms with van der Waals surface area (Å²) in [5.74, 6) is 0. The van der Waals surface area contributed by atoms with Gasteiger partial charge in [-0.05, 0) is 103 Å². The van der Waals surface area contributed by atoms with Gasteiger partial charge in [-0.2, -0.15) is 0 Å². The molecule has 0 aliphatic carbocycles. The van der Waals surface area contributed by atoms with Gasteiger partial charge in [0, 0.05) is 17.1 Å². The van der Waals surface area contributed by atoms with Crippen molar-refractivity contribution in [1.82, 2.24) is 0 Å². The van der Waals surface area contributed by atoms with E-state index in [1.165, 1.54) is 55.9 Å². The zero-order valence-electron chi connectivity index (χ0n) is 23.5. The number of anilines is 3. The molecule has 0 bridgehead atoms. The maximum atomic E-state index is 2.34. The van der Waals surface area contributed by atoms with Gasteiger partial charge in [0.1, 0.15) is 0 Å². The lowest BCUT2D eigenvalue weighted by atomic mass is 9.93. The topological polar surface area (TPSA) is 3.24 Å². The fourth-order valence-corrected chi connectivity index (χ4v) is 5.18. The SMILES string of the molecule is CCc1ccc(N(c2ccc(C=C(c3ccccc3)c3cc(C)cc(C)c3)cc2)c2ccc(CC)cc2)cc1. The van der Waals surface area contributed by atoms with Crippen molar-refractivity contribution in [3.63, 3.8) is 0 Å². The minimum absolute atomic E-state index is 1.04. The molecule has 1 nitrogen and oxygen atoms in total. The molecule has 1 heteroatoms. The van der Waals surface area contributed by atoms with Crippen molar-refractivity contribution >= 4 is 28.7 Å². The lowest BCUT2D eigenvalue weighted by Gasteiger charge is -2.26. The summed E-state index contributed by atoms with van der Waals surface area (Å²) >= 11 is 0. The number of hydrogen-bond donors (Lipinski definition) is 0. The van der Waals surface area contributed by atoms with Gasteiger partial charge >= 0.3 is 0 Å². The second-order valence-corrected chi connectivity index (χ2v) is 10.3. The molecule has 0 heterocycles. The third kappa shape index (κ3) is 6.21. The molecular weight excluding hydrogens is 470 g/mol. The molecule has 0 spiro atoms. The van der Waals surface area contributed by atoms with Crippen LogP contribution in [0.3, 0.4) is 0 Å². The summed E-state index contributed by atoms with van der Waals surface area (Å²) in [4.78, 5) is 2.34. The van der Waals surface area contributed by atoms with Gasteiger partial charge < -0.3 is 4.90 Å². The van der Waals surface area contributed by atoms with Gasteiger partial charge in [-0.25, -0.2) is 0 Å². The lowest BCUT2D eigenvalue weighted by Crippen LogP contribution is -2.10. The van der Waals surface area contributed by atoms with Gasteiger partial charge in [0.15, 0.2) is 0 Å². The summed E-state index contributed by atoms with van der Waals surface area (Å²) in [5.41, 5.74) is 13.6. The molecule has 0 N–H and O–H groups in total.